The molecule has 1 atom stereocenters. The number of hydrogen-bond donors (Lipinski definition) is 1. The Hall–Kier alpha value is -2.92. The first-order valence-corrected chi connectivity index (χ1v) is 10.3. The molecule has 4 rings (SSSR count). The number of benzene rings is 3. The molecule has 0 saturated carbocycles. The fourth-order valence-corrected chi connectivity index (χ4v) is 4.46. The maximum Gasteiger partial charge on any atom is 0.323 e. The maximum atomic E-state index is 12.9. The number of hydrogen-bond acceptors (Lipinski definition) is 3. The first-order chi connectivity index (χ1) is 13.7. The molecule has 4 nitrogen and oxygen atoms in total. The number of thioether (sulfide) groups is 1. The number of para-hydroxylation sites is 2. The van der Waals surface area contributed by atoms with Crippen LogP contribution in [-0.2, 0) is 0 Å². The summed E-state index contributed by atoms with van der Waals surface area (Å²) in [5.74, 6) is 2.48. The highest BCUT2D eigenvalue weighted by molar-refractivity contribution is 7.99. The van der Waals surface area contributed by atoms with Gasteiger partial charge in [-0.1, -0.05) is 48.5 Å². The van der Waals surface area contributed by atoms with E-state index in [-0.39, 0.29) is 11.4 Å². The van der Waals surface area contributed by atoms with E-state index < -0.39 is 0 Å². The number of nitrogens with zero attached hydrogens (tertiary/aromatic N) is 1. The molecule has 1 unspecified atom stereocenters. The Morgan fingerprint density at radius 2 is 1.75 bits per heavy atom. The molecule has 1 heterocycles. The predicted molar refractivity (Wildman–Crippen MR) is 115 cm³/mol. The summed E-state index contributed by atoms with van der Waals surface area (Å²) in [7, 11) is 0. The molecule has 1 fully saturated rings. The number of urea groups is 1. The van der Waals surface area contributed by atoms with Gasteiger partial charge in [-0.25, -0.2) is 4.79 Å². The largest absolute Gasteiger partial charge is 0.457 e. The van der Waals surface area contributed by atoms with Crippen molar-refractivity contribution in [2.24, 2.45) is 0 Å². The summed E-state index contributed by atoms with van der Waals surface area (Å²) in [4.78, 5) is 14.8. The number of carbonyl (C=O) groups excluding carboxylic acids is 1. The van der Waals surface area contributed by atoms with Crippen LogP contribution in [0.4, 0.5) is 10.5 Å². The standard InChI is InChI=1S/C23H22N2O2S/c1-17-8-5-6-13-21(17)24-23(26)25-14-15-28-22(25)18-9-7-12-20(16-18)27-19-10-3-2-4-11-19/h2-13,16,22H,14-15H2,1H3,(H,24,26). The van der Waals surface area contributed by atoms with Crippen molar-refractivity contribution in [2.75, 3.05) is 17.6 Å². The number of aryl methyl sites for hydroxylation is 1. The quantitative estimate of drug-likeness (QED) is 0.588. The molecule has 3 aromatic carbocycles. The van der Waals surface area contributed by atoms with Crippen molar-refractivity contribution in [1.82, 2.24) is 4.90 Å². The SMILES string of the molecule is Cc1ccccc1NC(=O)N1CCSC1c1cccc(Oc2ccccc2)c1. The third-order valence-electron chi connectivity index (χ3n) is 4.66. The lowest BCUT2D eigenvalue weighted by Crippen LogP contribution is -2.34. The van der Waals surface area contributed by atoms with Gasteiger partial charge in [0.15, 0.2) is 0 Å². The lowest BCUT2D eigenvalue weighted by atomic mass is 10.2. The van der Waals surface area contributed by atoms with Gasteiger partial charge < -0.3 is 15.0 Å². The minimum absolute atomic E-state index is 0.0247. The normalized spacial score (nSPS) is 16.0. The maximum absolute atomic E-state index is 12.9. The van der Waals surface area contributed by atoms with Crippen LogP contribution in [0.25, 0.3) is 0 Å². The van der Waals surface area contributed by atoms with Gasteiger partial charge in [-0.05, 0) is 48.4 Å². The highest BCUT2D eigenvalue weighted by Crippen LogP contribution is 2.39. The van der Waals surface area contributed by atoms with Crippen LogP contribution >= 0.6 is 11.8 Å². The van der Waals surface area contributed by atoms with Gasteiger partial charge in [0.1, 0.15) is 16.9 Å². The monoisotopic (exact) mass is 390 g/mol. The average molecular weight is 391 g/mol. The van der Waals surface area contributed by atoms with E-state index in [4.69, 9.17) is 4.74 Å². The van der Waals surface area contributed by atoms with E-state index in [1.807, 2.05) is 84.6 Å². The molecule has 1 aliphatic rings. The van der Waals surface area contributed by atoms with Gasteiger partial charge in [-0.2, -0.15) is 0 Å². The van der Waals surface area contributed by atoms with Crippen molar-refractivity contribution in [1.29, 1.82) is 0 Å². The highest BCUT2D eigenvalue weighted by atomic mass is 32.2. The van der Waals surface area contributed by atoms with Gasteiger partial charge in [0.2, 0.25) is 0 Å². The van der Waals surface area contributed by atoms with Gasteiger partial charge in [0.25, 0.3) is 0 Å². The minimum atomic E-state index is -0.0707. The number of rotatable bonds is 4. The van der Waals surface area contributed by atoms with E-state index in [1.165, 1.54) is 0 Å². The fraction of sp³-hybridized carbons (Fsp3) is 0.174. The second-order valence-electron chi connectivity index (χ2n) is 6.65. The van der Waals surface area contributed by atoms with Crippen molar-refractivity contribution in [3.05, 3.63) is 90.0 Å². The molecule has 3 aromatic rings. The number of amides is 2. The summed E-state index contributed by atoms with van der Waals surface area (Å²) in [5.41, 5.74) is 2.97. The van der Waals surface area contributed by atoms with Crippen LogP contribution in [0.15, 0.2) is 78.9 Å². The van der Waals surface area contributed by atoms with Crippen LogP contribution in [0.3, 0.4) is 0 Å². The van der Waals surface area contributed by atoms with Crippen LogP contribution in [0.1, 0.15) is 16.5 Å². The second-order valence-corrected chi connectivity index (χ2v) is 7.84. The van der Waals surface area contributed by atoms with E-state index in [1.54, 1.807) is 11.8 Å². The predicted octanol–water partition coefficient (Wildman–Crippen LogP) is 6.07. The average Bonchev–Trinajstić information content (AvgIpc) is 3.21. The van der Waals surface area contributed by atoms with Crippen LogP contribution < -0.4 is 10.1 Å². The molecule has 0 aliphatic carbocycles. The van der Waals surface area contributed by atoms with E-state index in [0.717, 1.165) is 40.6 Å². The molecular formula is C23H22N2O2S. The molecule has 142 valence electrons. The topological polar surface area (TPSA) is 41.6 Å². The Bertz CT molecular complexity index is 962. The summed E-state index contributed by atoms with van der Waals surface area (Å²) in [5, 5.41) is 3.02. The van der Waals surface area contributed by atoms with Crippen molar-refractivity contribution in [3.63, 3.8) is 0 Å². The summed E-state index contributed by atoms with van der Waals surface area (Å²) < 4.78 is 5.96. The molecule has 5 heteroatoms. The van der Waals surface area contributed by atoms with Gasteiger partial charge >= 0.3 is 6.03 Å². The Labute approximate surface area is 169 Å². The number of ether oxygens (including phenoxy) is 1. The van der Waals surface area contributed by atoms with Crippen LogP contribution in [0.5, 0.6) is 11.5 Å². The molecule has 0 aromatic heterocycles. The summed E-state index contributed by atoms with van der Waals surface area (Å²) >= 11 is 1.77. The van der Waals surface area contributed by atoms with E-state index >= 15 is 0 Å². The van der Waals surface area contributed by atoms with Crippen molar-refractivity contribution >= 4 is 23.5 Å². The van der Waals surface area contributed by atoms with E-state index in [2.05, 4.69) is 11.4 Å². The molecule has 0 bridgehead atoms. The summed E-state index contributed by atoms with van der Waals surface area (Å²) in [6, 6.07) is 25.5. The fourth-order valence-electron chi connectivity index (χ4n) is 3.21. The zero-order valence-corrected chi connectivity index (χ0v) is 16.5. The zero-order valence-electron chi connectivity index (χ0n) is 15.7. The van der Waals surface area contributed by atoms with Crippen molar-refractivity contribution in [3.8, 4) is 11.5 Å². The first kappa shape index (κ1) is 18.4. The second kappa shape index (κ2) is 8.40. The summed E-state index contributed by atoms with van der Waals surface area (Å²) in [6.45, 7) is 2.72. The minimum Gasteiger partial charge on any atom is -0.457 e. The Morgan fingerprint density at radius 1 is 1.00 bits per heavy atom. The Morgan fingerprint density at radius 3 is 2.57 bits per heavy atom. The molecule has 1 aliphatic heterocycles. The third kappa shape index (κ3) is 4.15. The van der Waals surface area contributed by atoms with Gasteiger partial charge in [0, 0.05) is 18.0 Å². The van der Waals surface area contributed by atoms with Gasteiger partial charge in [-0.3, -0.25) is 0 Å². The molecular weight excluding hydrogens is 368 g/mol. The first-order valence-electron chi connectivity index (χ1n) is 9.28. The van der Waals surface area contributed by atoms with Crippen LogP contribution in [-0.4, -0.2) is 23.2 Å². The van der Waals surface area contributed by atoms with Gasteiger partial charge in [0.05, 0.1) is 0 Å². The highest BCUT2D eigenvalue weighted by Gasteiger charge is 2.31. The smallest absolute Gasteiger partial charge is 0.323 e. The molecule has 0 radical (unpaired) electrons. The third-order valence-corrected chi connectivity index (χ3v) is 5.92. The molecule has 28 heavy (non-hydrogen) atoms. The number of nitrogens with one attached hydrogen (secondary N) is 1. The Kier molecular flexibility index (Phi) is 5.53. The van der Waals surface area contributed by atoms with E-state index in [0.29, 0.717) is 0 Å². The lowest BCUT2D eigenvalue weighted by molar-refractivity contribution is 0.214. The van der Waals surface area contributed by atoms with E-state index in [9.17, 15) is 4.79 Å². The van der Waals surface area contributed by atoms with Gasteiger partial charge in [-0.15, -0.1) is 11.8 Å². The zero-order chi connectivity index (χ0) is 19.3. The van der Waals surface area contributed by atoms with Crippen LogP contribution in [0.2, 0.25) is 0 Å². The molecule has 2 amide bonds. The van der Waals surface area contributed by atoms with Crippen molar-refractivity contribution < 1.29 is 9.53 Å². The molecule has 0 spiro atoms. The molecule has 1 saturated heterocycles. The van der Waals surface area contributed by atoms with Crippen molar-refractivity contribution in [2.45, 2.75) is 12.3 Å². The summed E-state index contributed by atoms with van der Waals surface area (Å²) in [6.07, 6.45) is 0. The molecule has 1 N–H and O–H groups in total. The number of carbonyl (C=O) groups is 1. The lowest BCUT2D eigenvalue weighted by Gasteiger charge is -2.25. The number of anilines is 1. The Balaban J connectivity index is 1.51. The van der Waals surface area contributed by atoms with Crippen LogP contribution in [0, 0.1) is 6.92 Å².